The highest BCUT2D eigenvalue weighted by molar-refractivity contribution is 7.15. The van der Waals surface area contributed by atoms with E-state index in [0.29, 0.717) is 12.4 Å². The van der Waals surface area contributed by atoms with E-state index in [1.54, 1.807) is 7.11 Å². The fourth-order valence-electron chi connectivity index (χ4n) is 1.21. The summed E-state index contributed by atoms with van der Waals surface area (Å²) in [5.74, 6) is 0.549. The first kappa shape index (κ1) is 8.49. The van der Waals surface area contributed by atoms with Gasteiger partial charge in [-0.25, -0.2) is 0 Å². The van der Waals surface area contributed by atoms with Crippen LogP contribution in [0, 0.1) is 0 Å². The summed E-state index contributed by atoms with van der Waals surface area (Å²) in [6, 6.07) is 0. The summed E-state index contributed by atoms with van der Waals surface area (Å²) >= 11 is 1.53. The third-order valence-corrected chi connectivity index (χ3v) is 2.52. The lowest BCUT2D eigenvalue weighted by Crippen LogP contribution is -2.09. The van der Waals surface area contributed by atoms with Gasteiger partial charge in [-0.2, -0.15) is 10.5 Å². The molecule has 0 saturated heterocycles. The highest BCUT2D eigenvalue weighted by atomic mass is 32.1. The molecule has 0 unspecified atom stereocenters. The first-order valence-electron chi connectivity index (χ1n) is 3.72. The van der Waals surface area contributed by atoms with E-state index in [1.807, 2.05) is 16.0 Å². The quantitative estimate of drug-likeness (QED) is 0.720. The van der Waals surface area contributed by atoms with E-state index < -0.39 is 0 Å². The number of methoxy groups -OCH3 is 1. The Balaban J connectivity index is 2.56. The molecule has 0 bridgehead atoms. The van der Waals surface area contributed by atoms with E-state index in [9.17, 15) is 0 Å². The average Bonchev–Trinajstić information content (AvgIpc) is 2.67. The highest BCUT2D eigenvalue weighted by Gasteiger charge is 2.12. The molecule has 2 aromatic rings. The number of rotatable bonds is 3. The molecule has 0 amide bonds. The minimum absolute atomic E-state index is 0.321. The summed E-state index contributed by atoms with van der Waals surface area (Å²) in [7, 11) is 1.56. The molecule has 2 rings (SSSR count). The first-order valence-corrected chi connectivity index (χ1v) is 4.60. The molecular formula is C7H9N3O2S. The molecule has 0 aliphatic rings. The Labute approximate surface area is 78.6 Å². The summed E-state index contributed by atoms with van der Waals surface area (Å²) in [6.45, 7) is 0.321. The van der Waals surface area contributed by atoms with Gasteiger partial charge in [0.05, 0.1) is 13.7 Å². The normalized spacial score (nSPS) is 10.9. The SMILES string of the molecule is COc1nc2sccn2c1CNO. The monoisotopic (exact) mass is 199 g/mol. The van der Waals surface area contributed by atoms with Gasteiger partial charge in [0, 0.05) is 11.6 Å². The molecule has 0 spiro atoms. The number of nitrogens with zero attached hydrogens (tertiary/aromatic N) is 2. The largest absolute Gasteiger partial charge is 0.480 e. The molecule has 2 N–H and O–H groups in total. The molecule has 0 aromatic carbocycles. The maximum Gasteiger partial charge on any atom is 0.237 e. The molecule has 6 heteroatoms. The number of thiazole rings is 1. The van der Waals surface area contributed by atoms with Gasteiger partial charge in [-0.05, 0) is 0 Å². The topological polar surface area (TPSA) is 58.8 Å². The molecular weight excluding hydrogens is 190 g/mol. The van der Waals surface area contributed by atoms with Crippen LogP contribution in [0.3, 0.4) is 0 Å². The maximum atomic E-state index is 8.61. The second-order valence-electron chi connectivity index (χ2n) is 2.46. The van der Waals surface area contributed by atoms with Gasteiger partial charge in [-0.15, -0.1) is 11.3 Å². The van der Waals surface area contributed by atoms with Gasteiger partial charge >= 0.3 is 0 Å². The number of ether oxygens (including phenoxy) is 1. The predicted molar refractivity (Wildman–Crippen MR) is 48.2 cm³/mol. The number of hydrogen-bond acceptors (Lipinski definition) is 5. The van der Waals surface area contributed by atoms with E-state index in [2.05, 4.69) is 10.5 Å². The van der Waals surface area contributed by atoms with E-state index in [0.717, 1.165) is 10.7 Å². The standard InChI is InChI=1S/C7H9N3O2S/c1-12-6-5(4-8-11)10-2-3-13-7(10)9-6/h2-3,8,11H,4H2,1H3. The zero-order chi connectivity index (χ0) is 9.26. The molecule has 0 fully saturated rings. The molecule has 0 saturated carbocycles. The van der Waals surface area contributed by atoms with Gasteiger partial charge in [0.25, 0.3) is 0 Å². The second-order valence-corrected chi connectivity index (χ2v) is 3.33. The van der Waals surface area contributed by atoms with Crippen molar-refractivity contribution in [1.29, 1.82) is 0 Å². The fourth-order valence-corrected chi connectivity index (χ4v) is 1.94. The maximum absolute atomic E-state index is 8.61. The number of hydrogen-bond donors (Lipinski definition) is 2. The van der Waals surface area contributed by atoms with Crippen molar-refractivity contribution in [3.8, 4) is 5.88 Å². The van der Waals surface area contributed by atoms with Crippen LogP contribution < -0.4 is 10.2 Å². The van der Waals surface area contributed by atoms with E-state index in [4.69, 9.17) is 9.94 Å². The van der Waals surface area contributed by atoms with E-state index in [-0.39, 0.29) is 0 Å². The lowest BCUT2D eigenvalue weighted by atomic mass is 10.4. The molecule has 5 nitrogen and oxygen atoms in total. The summed E-state index contributed by atoms with van der Waals surface area (Å²) in [4.78, 5) is 5.08. The lowest BCUT2D eigenvalue weighted by Gasteiger charge is -1.99. The summed E-state index contributed by atoms with van der Waals surface area (Å²) in [5.41, 5.74) is 2.91. The van der Waals surface area contributed by atoms with Crippen molar-refractivity contribution in [3.05, 3.63) is 17.3 Å². The van der Waals surface area contributed by atoms with Crippen molar-refractivity contribution in [2.75, 3.05) is 7.11 Å². The van der Waals surface area contributed by atoms with Crippen LogP contribution in [0.25, 0.3) is 4.96 Å². The van der Waals surface area contributed by atoms with Crippen LogP contribution in [-0.4, -0.2) is 21.7 Å². The number of hydroxylamine groups is 1. The Morgan fingerprint density at radius 1 is 1.77 bits per heavy atom. The average molecular weight is 199 g/mol. The number of aromatic nitrogens is 2. The van der Waals surface area contributed by atoms with Crippen molar-refractivity contribution >= 4 is 16.3 Å². The van der Waals surface area contributed by atoms with Gasteiger partial charge in [0.2, 0.25) is 5.88 Å². The van der Waals surface area contributed by atoms with Crippen LogP contribution in [0.2, 0.25) is 0 Å². The third-order valence-electron chi connectivity index (χ3n) is 1.76. The Morgan fingerprint density at radius 3 is 3.31 bits per heavy atom. The van der Waals surface area contributed by atoms with E-state index in [1.165, 1.54) is 11.3 Å². The fraction of sp³-hybridized carbons (Fsp3) is 0.286. The number of nitrogens with one attached hydrogen (secondary N) is 1. The minimum Gasteiger partial charge on any atom is -0.480 e. The molecule has 70 valence electrons. The zero-order valence-corrected chi connectivity index (χ0v) is 7.84. The number of imidazole rings is 1. The van der Waals surface area contributed by atoms with Crippen molar-refractivity contribution in [3.63, 3.8) is 0 Å². The summed E-state index contributed by atoms with van der Waals surface area (Å²) in [6.07, 6.45) is 1.89. The van der Waals surface area contributed by atoms with Crippen LogP contribution in [0.15, 0.2) is 11.6 Å². The van der Waals surface area contributed by atoms with Gasteiger partial charge < -0.3 is 9.94 Å². The smallest absolute Gasteiger partial charge is 0.237 e. The molecule has 13 heavy (non-hydrogen) atoms. The Morgan fingerprint density at radius 2 is 2.62 bits per heavy atom. The van der Waals surface area contributed by atoms with Gasteiger partial charge in [-0.3, -0.25) is 4.40 Å². The third kappa shape index (κ3) is 1.28. The predicted octanol–water partition coefficient (Wildman–Crippen LogP) is 0.883. The first-order chi connectivity index (χ1) is 6.36. The van der Waals surface area contributed by atoms with Crippen LogP contribution in [0.1, 0.15) is 5.69 Å². The second kappa shape index (κ2) is 3.33. The van der Waals surface area contributed by atoms with E-state index >= 15 is 0 Å². The molecule has 0 aliphatic heterocycles. The van der Waals surface area contributed by atoms with Crippen molar-refractivity contribution in [2.24, 2.45) is 0 Å². The van der Waals surface area contributed by atoms with Crippen LogP contribution in [0.4, 0.5) is 0 Å². The summed E-state index contributed by atoms with van der Waals surface area (Å²) < 4.78 is 6.95. The molecule has 2 heterocycles. The lowest BCUT2D eigenvalue weighted by molar-refractivity contribution is 0.158. The Hall–Kier alpha value is -1.11. The zero-order valence-electron chi connectivity index (χ0n) is 7.02. The molecule has 0 radical (unpaired) electrons. The minimum atomic E-state index is 0.321. The van der Waals surface area contributed by atoms with Gasteiger partial charge in [-0.1, -0.05) is 0 Å². The molecule has 0 atom stereocenters. The van der Waals surface area contributed by atoms with Crippen LogP contribution in [0.5, 0.6) is 5.88 Å². The number of fused-ring (bicyclic) bond motifs is 1. The molecule has 0 aliphatic carbocycles. The van der Waals surface area contributed by atoms with Crippen LogP contribution in [-0.2, 0) is 6.54 Å². The Bertz CT molecular complexity index is 409. The van der Waals surface area contributed by atoms with Crippen LogP contribution >= 0.6 is 11.3 Å². The Kier molecular flexibility index (Phi) is 2.17. The summed E-state index contributed by atoms with van der Waals surface area (Å²) in [5, 5.41) is 10.5. The van der Waals surface area contributed by atoms with Gasteiger partial charge in [0.15, 0.2) is 4.96 Å². The van der Waals surface area contributed by atoms with Gasteiger partial charge in [0.1, 0.15) is 5.69 Å². The van der Waals surface area contributed by atoms with Crippen molar-refractivity contribution in [1.82, 2.24) is 14.9 Å². The highest BCUT2D eigenvalue weighted by Crippen LogP contribution is 2.22. The van der Waals surface area contributed by atoms with Crippen molar-refractivity contribution in [2.45, 2.75) is 6.54 Å². The van der Waals surface area contributed by atoms with Crippen molar-refractivity contribution < 1.29 is 9.94 Å². The molecule has 2 aromatic heterocycles.